The van der Waals surface area contributed by atoms with E-state index in [1.807, 2.05) is 24.7 Å². The number of rotatable bonds is 4. The van der Waals surface area contributed by atoms with Gasteiger partial charge in [-0.05, 0) is 53.1 Å². The summed E-state index contributed by atoms with van der Waals surface area (Å²) in [6.45, 7) is 4.66. The SMILES string of the molecule is c1cncc(CN2CCOC[C@@H](Cc3ccc4[nH]ccc4c3)C2)c1. The predicted molar refractivity (Wildman–Crippen MR) is 95.8 cm³/mol. The average molecular weight is 321 g/mol. The third-order valence-corrected chi connectivity index (χ3v) is 4.69. The van der Waals surface area contributed by atoms with Crippen LogP contribution in [0.4, 0.5) is 0 Å². The number of hydrogen-bond donors (Lipinski definition) is 1. The molecule has 1 aromatic carbocycles. The van der Waals surface area contributed by atoms with Crippen LogP contribution in [0.25, 0.3) is 10.9 Å². The molecular weight excluding hydrogens is 298 g/mol. The summed E-state index contributed by atoms with van der Waals surface area (Å²) in [7, 11) is 0. The van der Waals surface area contributed by atoms with Crippen LogP contribution in [0.15, 0.2) is 55.0 Å². The van der Waals surface area contributed by atoms with E-state index in [0.717, 1.165) is 39.3 Å². The first-order valence-corrected chi connectivity index (χ1v) is 8.62. The molecule has 0 bridgehead atoms. The summed E-state index contributed by atoms with van der Waals surface area (Å²) >= 11 is 0. The number of ether oxygens (including phenoxy) is 1. The van der Waals surface area contributed by atoms with Crippen molar-refractivity contribution in [3.8, 4) is 0 Å². The first-order chi connectivity index (χ1) is 11.9. The minimum absolute atomic E-state index is 0.528. The molecule has 1 fully saturated rings. The number of pyridine rings is 1. The maximum atomic E-state index is 5.86. The van der Waals surface area contributed by atoms with Crippen LogP contribution in [-0.4, -0.2) is 41.2 Å². The molecule has 124 valence electrons. The number of aromatic amines is 1. The molecule has 1 aliphatic rings. The second-order valence-corrected chi connectivity index (χ2v) is 6.64. The van der Waals surface area contributed by atoms with Gasteiger partial charge in [0.2, 0.25) is 0 Å². The molecule has 3 heterocycles. The monoisotopic (exact) mass is 321 g/mol. The Morgan fingerprint density at radius 3 is 3.12 bits per heavy atom. The van der Waals surface area contributed by atoms with Gasteiger partial charge < -0.3 is 9.72 Å². The van der Waals surface area contributed by atoms with Crippen molar-refractivity contribution < 1.29 is 4.74 Å². The highest BCUT2D eigenvalue weighted by molar-refractivity contribution is 5.79. The second kappa shape index (κ2) is 7.16. The number of fused-ring (bicyclic) bond motifs is 1. The number of benzene rings is 1. The molecule has 0 radical (unpaired) electrons. The van der Waals surface area contributed by atoms with Crippen molar-refractivity contribution in [1.82, 2.24) is 14.9 Å². The summed E-state index contributed by atoms with van der Waals surface area (Å²) in [4.78, 5) is 9.97. The van der Waals surface area contributed by atoms with Crippen molar-refractivity contribution in [2.75, 3.05) is 26.3 Å². The summed E-state index contributed by atoms with van der Waals surface area (Å²) in [6, 6.07) is 13.0. The van der Waals surface area contributed by atoms with E-state index in [2.05, 4.69) is 45.2 Å². The molecule has 1 aliphatic heterocycles. The van der Waals surface area contributed by atoms with Gasteiger partial charge in [-0.3, -0.25) is 9.88 Å². The first kappa shape index (κ1) is 15.4. The Balaban J connectivity index is 1.43. The van der Waals surface area contributed by atoms with Crippen LogP contribution < -0.4 is 0 Å². The van der Waals surface area contributed by atoms with E-state index in [1.165, 1.54) is 22.0 Å². The lowest BCUT2D eigenvalue weighted by Gasteiger charge is -2.23. The maximum absolute atomic E-state index is 5.86. The van der Waals surface area contributed by atoms with E-state index in [4.69, 9.17) is 4.74 Å². The van der Waals surface area contributed by atoms with Crippen LogP contribution in [0.1, 0.15) is 11.1 Å². The van der Waals surface area contributed by atoms with Gasteiger partial charge in [0.25, 0.3) is 0 Å². The van der Waals surface area contributed by atoms with Crippen molar-refractivity contribution in [3.63, 3.8) is 0 Å². The van der Waals surface area contributed by atoms with E-state index in [-0.39, 0.29) is 0 Å². The Labute approximate surface area is 142 Å². The molecule has 1 atom stereocenters. The Hall–Kier alpha value is -2.17. The van der Waals surface area contributed by atoms with Crippen LogP contribution in [0, 0.1) is 5.92 Å². The third-order valence-electron chi connectivity index (χ3n) is 4.69. The highest BCUT2D eigenvalue weighted by Crippen LogP contribution is 2.19. The standard InChI is InChI=1S/C20H23N3O/c1-2-17(12-21-6-1)13-23-8-9-24-15-18(14-23)10-16-3-4-20-19(11-16)5-7-22-20/h1-7,11-12,18,22H,8-10,13-15H2/t18-/m0/s1. The Morgan fingerprint density at radius 2 is 2.21 bits per heavy atom. The van der Waals surface area contributed by atoms with Gasteiger partial charge in [0.15, 0.2) is 0 Å². The number of hydrogen-bond acceptors (Lipinski definition) is 3. The van der Waals surface area contributed by atoms with E-state index < -0.39 is 0 Å². The topological polar surface area (TPSA) is 41.2 Å². The van der Waals surface area contributed by atoms with Gasteiger partial charge in [-0.25, -0.2) is 0 Å². The Kier molecular flexibility index (Phi) is 4.58. The van der Waals surface area contributed by atoms with Gasteiger partial charge in [0.1, 0.15) is 0 Å². The Bertz CT molecular complexity index is 784. The van der Waals surface area contributed by atoms with Gasteiger partial charge in [-0.1, -0.05) is 12.1 Å². The normalized spacial score (nSPS) is 19.4. The molecular formula is C20H23N3O. The molecule has 0 saturated carbocycles. The van der Waals surface area contributed by atoms with Gasteiger partial charge in [-0.2, -0.15) is 0 Å². The van der Waals surface area contributed by atoms with Gasteiger partial charge in [-0.15, -0.1) is 0 Å². The van der Waals surface area contributed by atoms with Crippen LogP contribution in [-0.2, 0) is 17.7 Å². The van der Waals surface area contributed by atoms with E-state index in [9.17, 15) is 0 Å². The minimum Gasteiger partial charge on any atom is -0.380 e. The molecule has 3 aromatic rings. The highest BCUT2D eigenvalue weighted by atomic mass is 16.5. The maximum Gasteiger partial charge on any atom is 0.0593 e. The van der Waals surface area contributed by atoms with Crippen LogP contribution in [0.5, 0.6) is 0 Å². The smallest absolute Gasteiger partial charge is 0.0593 e. The van der Waals surface area contributed by atoms with Crippen molar-refractivity contribution in [2.45, 2.75) is 13.0 Å². The zero-order valence-corrected chi connectivity index (χ0v) is 13.8. The van der Waals surface area contributed by atoms with Crippen molar-refractivity contribution in [3.05, 3.63) is 66.1 Å². The molecule has 24 heavy (non-hydrogen) atoms. The number of nitrogens with zero attached hydrogens (tertiary/aromatic N) is 2. The number of aromatic nitrogens is 2. The molecule has 0 aliphatic carbocycles. The van der Waals surface area contributed by atoms with Crippen molar-refractivity contribution in [1.29, 1.82) is 0 Å². The quantitative estimate of drug-likeness (QED) is 0.802. The Morgan fingerprint density at radius 1 is 1.21 bits per heavy atom. The van der Waals surface area contributed by atoms with Gasteiger partial charge in [0, 0.05) is 43.7 Å². The average Bonchev–Trinajstić information content (AvgIpc) is 2.96. The molecule has 1 saturated heterocycles. The fourth-order valence-corrected chi connectivity index (χ4v) is 3.53. The van der Waals surface area contributed by atoms with E-state index >= 15 is 0 Å². The molecule has 4 nitrogen and oxygen atoms in total. The molecule has 0 amide bonds. The van der Waals surface area contributed by atoms with Crippen LogP contribution in [0.3, 0.4) is 0 Å². The van der Waals surface area contributed by atoms with Gasteiger partial charge in [0.05, 0.1) is 13.2 Å². The lowest BCUT2D eigenvalue weighted by molar-refractivity contribution is 0.121. The predicted octanol–water partition coefficient (Wildman–Crippen LogP) is 3.25. The molecule has 1 N–H and O–H groups in total. The van der Waals surface area contributed by atoms with E-state index in [1.54, 1.807) is 0 Å². The minimum atomic E-state index is 0.528. The van der Waals surface area contributed by atoms with Crippen LogP contribution >= 0.6 is 0 Å². The molecule has 0 spiro atoms. The number of H-pyrrole nitrogens is 1. The lowest BCUT2D eigenvalue weighted by Crippen LogP contribution is -2.30. The number of nitrogens with one attached hydrogen (secondary N) is 1. The van der Waals surface area contributed by atoms with E-state index in [0.29, 0.717) is 5.92 Å². The van der Waals surface area contributed by atoms with Crippen molar-refractivity contribution in [2.24, 2.45) is 5.92 Å². The largest absolute Gasteiger partial charge is 0.380 e. The second-order valence-electron chi connectivity index (χ2n) is 6.64. The lowest BCUT2D eigenvalue weighted by atomic mass is 9.98. The highest BCUT2D eigenvalue weighted by Gasteiger charge is 2.19. The fraction of sp³-hybridized carbons (Fsp3) is 0.350. The van der Waals surface area contributed by atoms with Gasteiger partial charge >= 0.3 is 0 Å². The summed E-state index contributed by atoms with van der Waals surface area (Å²) in [5.74, 6) is 0.528. The summed E-state index contributed by atoms with van der Waals surface area (Å²) < 4.78 is 5.86. The molecule has 2 aromatic heterocycles. The summed E-state index contributed by atoms with van der Waals surface area (Å²) in [5, 5.41) is 1.29. The summed E-state index contributed by atoms with van der Waals surface area (Å²) in [6.07, 6.45) is 6.85. The molecule has 4 rings (SSSR count). The van der Waals surface area contributed by atoms with Crippen LogP contribution in [0.2, 0.25) is 0 Å². The molecule has 0 unspecified atom stereocenters. The fourth-order valence-electron chi connectivity index (χ4n) is 3.53. The van der Waals surface area contributed by atoms with Crippen molar-refractivity contribution >= 4 is 10.9 Å². The zero-order valence-electron chi connectivity index (χ0n) is 13.8. The third kappa shape index (κ3) is 3.66. The summed E-state index contributed by atoms with van der Waals surface area (Å²) in [5.41, 5.74) is 3.86. The first-order valence-electron chi connectivity index (χ1n) is 8.62. The molecule has 4 heteroatoms. The zero-order chi connectivity index (χ0) is 16.2.